The molecule has 0 bridgehead atoms. The molecule has 1 N–H and O–H groups in total. The molecule has 0 atom stereocenters. The number of aryl methyl sites for hydroxylation is 1. The number of aromatic nitrogens is 2. The fraction of sp³-hybridized carbons (Fsp3) is 0.714. The zero-order chi connectivity index (χ0) is 13.4. The molecule has 4 heteroatoms. The average molecular weight is 267 g/mol. The Hall–Kier alpha value is -0.610. The largest absolute Gasteiger partial charge is 0.316 e. The Labute approximate surface area is 115 Å². The number of nitrogens with one attached hydrogen (secondary N) is 1. The molecule has 18 heavy (non-hydrogen) atoms. The fourth-order valence-electron chi connectivity index (χ4n) is 1.73. The summed E-state index contributed by atoms with van der Waals surface area (Å²) in [5.74, 6) is 3.80. The Balaban J connectivity index is 2.66. The van der Waals surface area contributed by atoms with Gasteiger partial charge in [-0.15, -0.1) is 0 Å². The Morgan fingerprint density at radius 3 is 2.78 bits per heavy atom. The van der Waals surface area contributed by atoms with E-state index in [0.29, 0.717) is 0 Å². The van der Waals surface area contributed by atoms with Gasteiger partial charge in [-0.2, -0.15) is 11.8 Å². The molecule has 0 saturated heterocycles. The Bertz CT molecular complexity index is 353. The van der Waals surface area contributed by atoms with Gasteiger partial charge >= 0.3 is 0 Å². The highest BCUT2D eigenvalue weighted by molar-refractivity contribution is 7.98. The summed E-state index contributed by atoms with van der Waals surface area (Å²) in [6, 6.07) is 0. The van der Waals surface area contributed by atoms with Crippen LogP contribution in [0.25, 0.3) is 0 Å². The van der Waals surface area contributed by atoms with E-state index in [4.69, 9.17) is 4.98 Å². The van der Waals surface area contributed by atoms with Crippen molar-refractivity contribution in [2.24, 2.45) is 5.92 Å². The maximum Gasteiger partial charge on any atom is 0.138 e. The molecule has 0 amide bonds. The van der Waals surface area contributed by atoms with Crippen LogP contribution in [0.4, 0.5) is 0 Å². The lowest BCUT2D eigenvalue weighted by atomic mass is 10.1. The van der Waals surface area contributed by atoms with Crippen molar-refractivity contribution in [2.75, 3.05) is 12.8 Å². The predicted molar refractivity (Wildman–Crippen MR) is 79.8 cm³/mol. The van der Waals surface area contributed by atoms with Crippen molar-refractivity contribution >= 4 is 11.8 Å². The summed E-state index contributed by atoms with van der Waals surface area (Å²) in [6.45, 7) is 7.53. The molecule has 102 valence electrons. The Morgan fingerprint density at radius 1 is 1.39 bits per heavy atom. The summed E-state index contributed by atoms with van der Waals surface area (Å²) in [5.41, 5.74) is 2.44. The highest BCUT2D eigenvalue weighted by Gasteiger charge is 2.06. The van der Waals surface area contributed by atoms with Gasteiger partial charge in [0.2, 0.25) is 0 Å². The minimum Gasteiger partial charge on any atom is -0.316 e. The lowest BCUT2D eigenvalue weighted by molar-refractivity contribution is 0.747. The van der Waals surface area contributed by atoms with Gasteiger partial charge in [-0.1, -0.05) is 27.2 Å². The third kappa shape index (κ3) is 5.36. The normalized spacial score (nSPS) is 11.2. The smallest absolute Gasteiger partial charge is 0.138 e. The third-order valence-corrected chi connectivity index (χ3v) is 3.91. The standard InChI is InChI=1S/C14H25N3S/c1-5-6-13-12(7-15-4)8-16-14(17-13)10-18-9-11(2)3/h8,11,15H,5-7,9-10H2,1-4H3. The van der Waals surface area contributed by atoms with Crippen LogP contribution < -0.4 is 5.32 Å². The molecule has 0 aliphatic rings. The molecule has 0 radical (unpaired) electrons. The molecule has 0 aliphatic carbocycles. The monoisotopic (exact) mass is 267 g/mol. The van der Waals surface area contributed by atoms with Crippen molar-refractivity contribution in [3.05, 3.63) is 23.3 Å². The fourth-order valence-corrected chi connectivity index (χ4v) is 2.64. The molecule has 1 aromatic heterocycles. The van der Waals surface area contributed by atoms with Crippen LogP contribution in [0.3, 0.4) is 0 Å². The van der Waals surface area contributed by atoms with Crippen molar-refractivity contribution in [3.8, 4) is 0 Å². The number of hydrogen-bond donors (Lipinski definition) is 1. The van der Waals surface area contributed by atoms with Crippen LogP contribution in [0, 0.1) is 5.92 Å². The Morgan fingerprint density at radius 2 is 2.17 bits per heavy atom. The van der Waals surface area contributed by atoms with E-state index in [9.17, 15) is 0 Å². The van der Waals surface area contributed by atoms with E-state index in [1.54, 1.807) is 0 Å². The number of hydrogen-bond acceptors (Lipinski definition) is 4. The second-order valence-electron chi connectivity index (χ2n) is 4.95. The van der Waals surface area contributed by atoms with Gasteiger partial charge in [0.1, 0.15) is 5.82 Å². The van der Waals surface area contributed by atoms with Crippen molar-refractivity contribution in [2.45, 2.75) is 45.9 Å². The van der Waals surface area contributed by atoms with Crippen molar-refractivity contribution in [3.63, 3.8) is 0 Å². The van der Waals surface area contributed by atoms with Gasteiger partial charge in [0, 0.05) is 24.0 Å². The lowest BCUT2D eigenvalue weighted by Gasteiger charge is -2.09. The van der Waals surface area contributed by atoms with E-state index in [0.717, 1.165) is 36.9 Å². The van der Waals surface area contributed by atoms with Crippen LogP contribution in [-0.4, -0.2) is 22.8 Å². The van der Waals surface area contributed by atoms with Gasteiger partial charge in [0.25, 0.3) is 0 Å². The van der Waals surface area contributed by atoms with Gasteiger partial charge in [-0.25, -0.2) is 9.97 Å². The third-order valence-electron chi connectivity index (χ3n) is 2.54. The van der Waals surface area contributed by atoms with Crippen LogP contribution in [0.1, 0.15) is 44.3 Å². The molecule has 0 spiro atoms. The van der Waals surface area contributed by atoms with Crippen LogP contribution in [0.5, 0.6) is 0 Å². The Kier molecular flexibility index (Phi) is 7.28. The predicted octanol–water partition coefficient (Wildman–Crippen LogP) is 3.04. The van der Waals surface area contributed by atoms with Crippen molar-refractivity contribution in [1.29, 1.82) is 0 Å². The van der Waals surface area contributed by atoms with Crippen LogP contribution in [0.2, 0.25) is 0 Å². The molecule has 1 heterocycles. The molecule has 0 unspecified atom stereocenters. The first-order chi connectivity index (χ1) is 8.67. The van der Waals surface area contributed by atoms with Gasteiger partial charge < -0.3 is 5.32 Å². The highest BCUT2D eigenvalue weighted by atomic mass is 32.2. The summed E-state index contributed by atoms with van der Waals surface area (Å²) < 4.78 is 0. The average Bonchev–Trinajstić information content (AvgIpc) is 2.32. The van der Waals surface area contributed by atoms with Crippen LogP contribution >= 0.6 is 11.8 Å². The maximum absolute atomic E-state index is 4.71. The summed E-state index contributed by atoms with van der Waals surface area (Å²) in [5, 5.41) is 3.18. The molecule has 0 saturated carbocycles. The number of thioether (sulfide) groups is 1. The number of rotatable bonds is 8. The van der Waals surface area contributed by atoms with Crippen molar-refractivity contribution < 1.29 is 0 Å². The summed E-state index contributed by atoms with van der Waals surface area (Å²) in [6.07, 6.45) is 4.16. The topological polar surface area (TPSA) is 37.8 Å². The summed E-state index contributed by atoms with van der Waals surface area (Å²) in [7, 11) is 1.96. The van der Waals surface area contributed by atoms with Gasteiger partial charge in [-0.05, 0) is 25.1 Å². The second kappa shape index (κ2) is 8.48. The summed E-state index contributed by atoms with van der Waals surface area (Å²) >= 11 is 1.92. The summed E-state index contributed by atoms with van der Waals surface area (Å²) in [4.78, 5) is 9.17. The van der Waals surface area contributed by atoms with E-state index < -0.39 is 0 Å². The van der Waals surface area contributed by atoms with E-state index in [1.807, 2.05) is 25.0 Å². The first-order valence-corrected chi connectivity index (χ1v) is 7.88. The van der Waals surface area contributed by atoms with Gasteiger partial charge in [0.05, 0.1) is 5.75 Å². The minimum atomic E-state index is 0.730. The number of nitrogens with zero attached hydrogens (tertiary/aromatic N) is 2. The zero-order valence-corrected chi connectivity index (χ0v) is 12.8. The molecule has 0 fully saturated rings. The molecule has 1 rings (SSSR count). The van der Waals surface area contributed by atoms with E-state index in [-0.39, 0.29) is 0 Å². The van der Waals surface area contributed by atoms with Gasteiger partial charge in [-0.3, -0.25) is 0 Å². The molecular formula is C14H25N3S. The molecular weight excluding hydrogens is 242 g/mol. The van der Waals surface area contributed by atoms with Crippen LogP contribution in [-0.2, 0) is 18.7 Å². The van der Waals surface area contributed by atoms with E-state index in [1.165, 1.54) is 17.0 Å². The second-order valence-corrected chi connectivity index (χ2v) is 5.98. The maximum atomic E-state index is 4.71. The lowest BCUT2D eigenvalue weighted by Crippen LogP contribution is -2.11. The molecule has 3 nitrogen and oxygen atoms in total. The highest BCUT2D eigenvalue weighted by Crippen LogP contribution is 2.15. The SMILES string of the molecule is CCCc1nc(CSCC(C)C)ncc1CNC. The zero-order valence-electron chi connectivity index (χ0n) is 12.0. The minimum absolute atomic E-state index is 0.730. The molecule has 0 aromatic carbocycles. The molecule has 1 aromatic rings. The first kappa shape index (κ1) is 15.4. The van der Waals surface area contributed by atoms with Crippen LogP contribution in [0.15, 0.2) is 6.20 Å². The molecule has 0 aliphatic heterocycles. The first-order valence-electron chi connectivity index (χ1n) is 6.73. The van der Waals surface area contributed by atoms with Gasteiger partial charge in [0.15, 0.2) is 0 Å². The van der Waals surface area contributed by atoms with E-state index in [2.05, 4.69) is 31.1 Å². The van der Waals surface area contributed by atoms with Crippen molar-refractivity contribution in [1.82, 2.24) is 15.3 Å². The van der Waals surface area contributed by atoms with E-state index >= 15 is 0 Å². The quantitative estimate of drug-likeness (QED) is 0.785.